The highest BCUT2D eigenvalue weighted by molar-refractivity contribution is 5.91. The normalized spacial score (nSPS) is 16.8. The van der Waals surface area contributed by atoms with Crippen LogP contribution in [0, 0.1) is 0 Å². The van der Waals surface area contributed by atoms with Crippen molar-refractivity contribution in [3.05, 3.63) is 41.5 Å². The van der Waals surface area contributed by atoms with Gasteiger partial charge in [0.2, 0.25) is 5.91 Å². The summed E-state index contributed by atoms with van der Waals surface area (Å²) < 4.78 is 0. The number of hydrogen-bond acceptors (Lipinski definition) is 1. The molecule has 2 heteroatoms. The van der Waals surface area contributed by atoms with Gasteiger partial charge in [-0.15, -0.1) is 0 Å². The quantitative estimate of drug-likeness (QED) is 0.825. The number of benzene rings is 1. The summed E-state index contributed by atoms with van der Waals surface area (Å²) in [5, 5.41) is 3.06. The molecular formula is C18H25NO. The lowest BCUT2D eigenvalue weighted by Crippen LogP contribution is -2.30. The summed E-state index contributed by atoms with van der Waals surface area (Å²) in [5.41, 5.74) is 2.55. The molecular weight excluding hydrogens is 246 g/mol. The van der Waals surface area contributed by atoms with Crippen LogP contribution in [0.15, 0.2) is 30.3 Å². The molecule has 0 unspecified atom stereocenters. The average Bonchev–Trinajstić information content (AvgIpc) is 2.88. The van der Waals surface area contributed by atoms with Gasteiger partial charge in [-0.3, -0.25) is 4.79 Å². The molecule has 0 heterocycles. The molecule has 0 bridgehead atoms. The Balaban J connectivity index is 1.92. The highest BCUT2D eigenvalue weighted by atomic mass is 16.1. The molecule has 0 saturated heterocycles. The van der Waals surface area contributed by atoms with E-state index in [1.54, 1.807) is 6.08 Å². The summed E-state index contributed by atoms with van der Waals surface area (Å²) in [6.45, 7) is 6.60. The van der Waals surface area contributed by atoms with Gasteiger partial charge in [0.25, 0.3) is 0 Å². The third-order valence-corrected chi connectivity index (χ3v) is 3.91. The predicted octanol–water partition coefficient (Wildman–Crippen LogP) is 4.06. The lowest BCUT2D eigenvalue weighted by Gasteiger charge is -2.18. The highest BCUT2D eigenvalue weighted by Gasteiger charge is 2.15. The Morgan fingerprint density at radius 3 is 2.30 bits per heavy atom. The van der Waals surface area contributed by atoms with Gasteiger partial charge in [0, 0.05) is 12.1 Å². The predicted molar refractivity (Wildman–Crippen MR) is 84.6 cm³/mol. The van der Waals surface area contributed by atoms with Crippen molar-refractivity contribution in [3.63, 3.8) is 0 Å². The Kier molecular flexibility index (Phi) is 4.64. The van der Waals surface area contributed by atoms with E-state index in [1.165, 1.54) is 18.4 Å². The zero-order valence-corrected chi connectivity index (χ0v) is 12.8. The van der Waals surface area contributed by atoms with E-state index in [0.717, 1.165) is 18.4 Å². The van der Waals surface area contributed by atoms with Crippen LogP contribution in [0.4, 0.5) is 0 Å². The molecule has 0 aliphatic heterocycles. The molecule has 1 amide bonds. The SMILES string of the molecule is CC(C)(C)c1ccc(/C=C/C(=O)NC2CCCC2)cc1. The highest BCUT2D eigenvalue weighted by Crippen LogP contribution is 2.22. The van der Waals surface area contributed by atoms with Crippen LogP contribution in [0.2, 0.25) is 0 Å². The standard InChI is InChI=1S/C18H25NO/c1-18(2,3)15-11-8-14(9-12-15)10-13-17(20)19-16-6-4-5-7-16/h8-13,16H,4-7H2,1-3H3,(H,19,20)/b13-10+. The van der Waals surface area contributed by atoms with E-state index in [9.17, 15) is 4.79 Å². The maximum atomic E-state index is 11.8. The zero-order valence-electron chi connectivity index (χ0n) is 12.8. The molecule has 108 valence electrons. The van der Waals surface area contributed by atoms with Gasteiger partial charge in [0.15, 0.2) is 0 Å². The fraction of sp³-hybridized carbons (Fsp3) is 0.500. The first kappa shape index (κ1) is 14.8. The van der Waals surface area contributed by atoms with Gasteiger partial charge in [-0.2, -0.15) is 0 Å². The molecule has 0 atom stereocenters. The average molecular weight is 271 g/mol. The number of nitrogens with one attached hydrogen (secondary N) is 1. The van der Waals surface area contributed by atoms with E-state index < -0.39 is 0 Å². The smallest absolute Gasteiger partial charge is 0.244 e. The lowest BCUT2D eigenvalue weighted by atomic mass is 9.87. The maximum absolute atomic E-state index is 11.8. The van der Waals surface area contributed by atoms with Crippen LogP contribution in [-0.4, -0.2) is 11.9 Å². The summed E-state index contributed by atoms with van der Waals surface area (Å²) in [6.07, 6.45) is 8.26. The van der Waals surface area contributed by atoms with Crippen LogP contribution in [0.5, 0.6) is 0 Å². The third kappa shape index (κ3) is 4.22. The van der Waals surface area contributed by atoms with Gasteiger partial charge < -0.3 is 5.32 Å². The maximum Gasteiger partial charge on any atom is 0.244 e. The van der Waals surface area contributed by atoms with Crippen LogP contribution >= 0.6 is 0 Å². The van der Waals surface area contributed by atoms with Crippen molar-refractivity contribution in [1.29, 1.82) is 0 Å². The van der Waals surface area contributed by atoms with Gasteiger partial charge in [0.05, 0.1) is 0 Å². The van der Waals surface area contributed by atoms with Crippen molar-refractivity contribution in [2.75, 3.05) is 0 Å². The third-order valence-electron chi connectivity index (χ3n) is 3.91. The number of carbonyl (C=O) groups is 1. The molecule has 0 spiro atoms. The van der Waals surface area contributed by atoms with E-state index in [1.807, 2.05) is 6.08 Å². The van der Waals surface area contributed by atoms with Crippen molar-refractivity contribution in [2.24, 2.45) is 0 Å². The van der Waals surface area contributed by atoms with Crippen LogP contribution in [0.25, 0.3) is 6.08 Å². The largest absolute Gasteiger partial charge is 0.350 e. The van der Waals surface area contributed by atoms with Gasteiger partial charge in [-0.25, -0.2) is 0 Å². The Hall–Kier alpha value is -1.57. The van der Waals surface area contributed by atoms with E-state index in [4.69, 9.17) is 0 Å². The molecule has 2 nitrogen and oxygen atoms in total. The fourth-order valence-corrected chi connectivity index (χ4v) is 2.59. The fourth-order valence-electron chi connectivity index (χ4n) is 2.59. The summed E-state index contributed by atoms with van der Waals surface area (Å²) in [7, 11) is 0. The van der Waals surface area contributed by atoms with Gasteiger partial charge in [-0.1, -0.05) is 57.9 Å². The van der Waals surface area contributed by atoms with Crippen molar-refractivity contribution < 1.29 is 4.79 Å². The van der Waals surface area contributed by atoms with E-state index in [2.05, 4.69) is 50.4 Å². The molecule has 1 fully saturated rings. The van der Waals surface area contributed by atoms with Gasteiger partial charge >= 0.3 is 0 Å². The molecule has 1 saturated carbocycles. The van der Waals surface area contributed by atoms with Crippen molar-refractivity contribution in [1.82, 2.24) is 5.32 Å². The molecule has 0 radical (unpaired) electrons. The van der Waals surface area contributed by atoms with Crippen LogP contribution in [0.3, 0.4) is 0 Å². The van der Waals surface area contributed by atoms with Crippen LogP contribution < -0.4 is 5.32 Å². The first-order valence-corrected chi connectivity index (χ1v) is 7.54. The van der Waals surface area contributed by atoms with Gasteiger partial charge in [-0.05, 0) is 35.5 Å². The summed E-state index contributed by atoms with van der Waals surface area (Å²) in [5.74, 6) is 0.0248. The summed E-state index contributed by atoms with van der Waals surface area (Å²) >= 11 is 0. The topological polar surface area (TPSA) is 29.1 Å². The van der Waals surface area contributed by atoms with Crippen molar-refractivity contribution in [3.8, 4) is 0 Å². The Morgan fingerprint density at radius 1 is 1.15 bits per heavy atom. The Morgan fingerprint density at radius 2 is 1.75 bits per heavy atom. The minimum Gasteiger partial charge on any atom is -0.350 e. The first-order valence-electron chi connectivity index (χ1n) is 7.54. The minimum absolute atomic E-state index is 0.0248. The summed E-state index contributed by atoms with van der Waals surface area (Å²) in [6, 6.07) is 8.79. The van der Waals surface area contributed by atoms with Gasteiger partial charge in [0.1, 0.15) is 0 Å². The Labute approximate surface area is 122 Å². The summed E-state index contributed by atoms with van der Waals surface area (Å²) in [4.78, 5) is 11.8. The molecule has 2 rings (SSSR count). The number of amides is 1. The van der Waals surface area contributed by atoms with Crippen LogP contribution in [0.1, 0.15) is 57.6 Å². The zero-order chi connectivity index (χ0) is 14.6. The first-order chi connectivity index (χ1) is 9.45. The molecule has 1 aromatic rings. The second-order valence-corrected chi connectivity index (χ2v) is 6.70. The van der Waals surface area contributed by atoms with E-state index >= 15 is 0 Å². The molecule has 1 aliphatic rings. The number of hydrogen-bond donors (Lipinski definition) is 1. The molecule has 1 aromatic carbocycles. The molecule has 1 aliphatic carbocycles. The molecule has 0 aromatic heterocycles. The van der Waals surface area contributed by atoms with E-state index in [0.29, 0.717) is 6.04 Å². The van der Waals surface area contributed by atoms with Crippen molar-refractivity contribution >= 4 is 12.0 Å². The van der Waals surface area contributed by atoms with E-state index in [-0.39, 0.29) is 11.3 Å². The lowest BCUT2D eigenvalue weighted by molar-refractivity contribution is -0.117. The number of rotatable bonds is 3. The van der Waals surface area contributed by atoms with Crippen molar-refractivity contribution in [2.45, 2.75) is 57.9 Å². The molecule has 1 N–H and O–H groups in total. The second-order valence-electron chi connectivity index (χ2n) is 6.70. The monoisotopic (exact) mass is 271 g/mol. The minimum atomic E-state index is 0.0248. The number of carbonyl (C=O) groups excluding carboxylic acids is 1. The molecule has 20 heavy (non-hydrogen) atoms. The Bertz CT molecular complexity index is 473. The second kappa shape index (κ2) is 6.25. The van der Waals surface area contributed by atoms with Crippen LogP contribution in [-0.2, 0) is 10.2 Å².